The quantitative estimate of drug-likeness (QED) is 0.215. The van der Waals surface area contributed by atoms with Crippen LogP contribution in [0.5, 0.6) is 0 Å². The first kappa shape index (κ1) is 27.4. The van der Waals surface area contributed by atoms with Crippen LogP contribution in [0, 0.1) is 5.82 Å². The van der Waals surface area contributed by atoms with Gasteiger partial charge in [-0.3, -0.25) is 0 Å². The van der Waals surface area contributed by atoms with E-state index in [-0.39, 0.29) is 22.8 Å². The van der Waals surface area contributed by atoms with E-state index in [1.807, 2.05) is 30.3 Å². The third-order valence-corrected chi connectivity index (χ3v) is 11.0. The van der Waals surface area contributed by atoms with Crippen LogP contribution >= 0.6 is 7.26 Å². The van der Waals surface area contributed by atoms with Crippen molar-refractivity contribution in [3.63, 3.8) is 0 Å². The Balaban J connectivity index is 0.00000336. The van der Waals surface area contributed by atoms with Gasteiger partial charge in [-0.05, 0) is 77.4 Å². The van der Waals surface area contributed by atoms with Gasteiger partial charge in [-0.1, -0.05) is 72.8 Å². The molecule has 0 fully saturated rings. The van der Waals surface area contributed by atoms with E-state index in [0.29, 0.717) is 5.56 Å². The lowest BCUT2D eigenvalue weighted by Crippen LogP contribution is -3.00. The molecule has 2 nitrogen and oxygen atoms in total. The lowest BCUT2D eigenvalue weighted by molar-refractivity contribution is -0.0000224. The topological polar surface area (TPSA) is 26.3 Å². The molecule has 38 heavy (non-hydrogen) atoms. The average molecular weight is 585 g/mol. The first-order chi connectivity index (χ1) is 18.1. The second kappa shape index (κ2) is 12.3. The highest BCUT2D eigenvalue weighted by molar-refractivity contribution is 7.95. The number of esters is 1. The van der Waals surface area contributed by atoms with Crippen molar-refractivity contribution in [2.75, 3.05) is 7.11 Å². The monoisotopic (exact) mass is 584 g/mol. The third kappa shape index (κ3) is 5.48. The van der Waals surface area contributed by atoms with Crippen LogP contribution in [0.1, 0.15) is 15.9 Å². The van der Waals surface area contributed by atoms with Crippen molar-refractivity contribution in [2.24, 2.45) is 0 Å². The fourth-order valence-electron chi connectivity index (χ4n) is 4.89. The number of benzene rings is 5. The highest BCUT2D eigenvalue weighted by Gasteiger charge is 2.45. The summed E-state index contributed by atoms with van der Waals surface area (Å²) in [5.74, 6) is -0.734. The van der Waals surface area contributed by atoms with Crippen molar-refractivity contribution in [2.45, 2.75) is 6.16 Å². The third-order valence-electron chi connectivity index (χ3n) is 6.66. The van der Waals surface area contributed by atoms with Crippen molar-refractivity contribution in [1.29, 1.82) is 0 Å². The lowest BCUT2D eigenvalue weighted by atomic mass is 9.97. The molecule has 0 saturated carbocycles. The summed E-state index contributed by atoms with van der Waals surface area (Å²) < 4.78 is 18.8. The zero-order chi connectivity index (χ0) is 25.7. The highest BCUT2D eigenvalue weighted by Crippen LogP contribution is 2.58. The average Bonchev–Trinajstić information content (AvgIpc) is 2.97. The van der Waals surface area contributed by atoms with Gasteiger partial charge in [0.1, 0.15) is 29.0 Å². The first-order valence-corrected chi connectivity index (χ1v) is 14.1. The fourth-order valence-corrected chi connectivity index (χ4v) is 9.12. The van der Waals surface area contributed by atoms with Crippen LogP contribution in [0.4, 0.5) is 4.39 Å². The number of carbonyl (C=O) groups excluding carboxylic acids is 1. The largest absolute Gasteiger partial charge is 1.00 e. The predicted molar refractivity (Wildman–Crippen MR) is 152 cm³/mol. The standard InChI is InChI=1S/C33H27FO2P.BrH/c1-36-33(35)31-22-17-25(23-32(31)26-18-20-27(34)21-19-26)24-37(28-11-5-2-6-12-28,29-13-7-3-8-14-29)30-15-9-4-10-16-30;/h2-23H,24H2,1H3;1H/q+1;/p-1. The van der Waals surface area contributed by atoms with Gasteiger partial charge in [0, 0.05) is 0 Å². The summed E-state index contributed by atoms with van der Waals surface area (Å²) in [5, 5.41) is 3.85. The molecule has 0 bridgehead atoms. The zero-order valence-electron chi connectivity index (χ0n) is 20.9. The predicted octanol–water partition coefficient (Wildman–Crippen LogP) is 3.78. The fraction of sp³-hybridized carbons (Fsp3) is 0.0606. The molecule has 5 aromatic carbocycles. The minimum atomic E-state index is -2.12. The SMILES string of the molecule is COC(=O)c1ccc(C[P+](c2ccccc2)(c2ccccc2)c2ccccc2)cc1-c1ccc(F)cc1.[Br-]. The highest BCUT2D eigenvalue weighted by atomic mass is 79.9. The maximum Gasteiger partial charge on any atom is 0.338 e. The van der Waals surface area contributed by atoms with Crippen molar-refractivity contribution in [3.05, 3.63) is 150 Å². The smallest absolute Gasteiger partial charge is 0.338 e. The van der Waals surface area contributed by atoms with E-state index in [9.17, 15) is 9.18 Å². The second-order valence-electron chi connectivity index (χ2n) is 8.85. The number of hydrogen-bond donors (Lipinski definition) is 0. The van der Waals surface area contributed by atoms with Crippen molar-refractivity contribution in [1.82, 2.24) is 0 Å². The van der Waals surface area contributed by atoms with Gasteiger partial charge >= 0.3 is 5.97 Å². The molecule has 0 aliphatic carbocycles. The van der Waals surface area contributed by atoms with E-state index in [2.05, 4.69) is 78.9 Å². The molecule has 0 atom stereocenters. The summed E-state index contributed by atoms with van der Waals surface area (Å²) in [5.41, 5.74) is 3.06. The van der Waals surface area contributed by atoms with E-state index in [1.165, 1.54) is 35.2 Å². The van der Waals surface area contributed by atoms with Gasteiger partial charge in [0.25, 0.3) is 0 Å². The molecule has 0 heterocycles. The minimum Gasteiger partial charge on any atom is -1.00 e. The molecule has 0 saturated heterocycles. The Morgan fingerprint density at radius 1 is 0.684 bits per heavy atom. The molecule has 0 amide bonds. The van der Waals surface area contributed by atoms with Crippen molar-refractivity contribution < 1.29 is 30.9 Å². The van der Waals surface area contributed by atoms with E-state index in [4.69, 9.17) is 4.74 Å². The Morgan fingerprint density at radius 3 is 1.61 bits per heavy atom. The molecular formula is C33H27BrFO2P. The molecule has 5 aromatic rings. The summed E-state index contributed by atoms with van der Waals surface area (Å²) in [6.45, 7) is 0. The van der Waals surface area contributed by atoms with Gasteiger partial charge in [-0.25, -0.2) is 9.18 Å². The van der Waals surface area contributed by atoms with Crippen LogP contribution in [0.15, 0.2) is 133 Å². The molecule has 0 aliphatic heterocycles. The zero-order valence-corrected chi connectivity index (χ0v) is 23.4. The van der Waals surface area contributed by atoms with E-state index in [0.717, 1.165) is 22.9 Å². The summed E-state index contributed by atoms with van der Waals surface area (Å²) >= 11 is 0. The first-order valence-electron chi connectivity index (χ1n) is 12.1. The molecule has 0 radical (unpaired) electrons. The van der Waals surface area contributed by atoms with Gasteiger partial charge in [-0.2, -0.15) is 0 Å². The van der Waals surface area contributed by atoms with Crippen LogP contribution in [-0.4, -0.2) is 13.1 Å². The maximum absolute atomic E-state index is 13.7. The molecule has 190 valence electrons. The molecule has 5 heteroatoms. The van der Waals surface area contributed by atoms with E-state index >= 15 is 0 Å². The van der Waals surface area contributed by atoms with Gasteiger partial charge in [0.05, 0.1) is 18.8 Å². The van der Waals surface area contributed by atoms with Crippen LogP contribution < -0.4 is 32.9 Å². The van der Waals surface area contributed by atoms with Gasteiger partial charge in [0.2, 0.25) is 0 Å². The molecule has 0 spiro atoms. The summed E-state index contributed by atoms with van der Waals surface area (Å²) in [6.07, 6.45) is 0.765. The number of carbonyl (C=O) groups is 1. The number of ether oxygens (including phenoxy) is 1. The van der Waals surface area contributed by atoms with Crippen molar-refractivity contribution >= 4 is 29.1 Å². The Morgan fingerprint density at radius 2 is 1.16 bits per heavy atom. The van der Waals surface area contributed by atoms with Crippen LogP contribution in [0.2, 0.25) is 0 Å². The van der Waals surface area contributed by atoms with E-state index in [1.54, 1.807) is 12.1 Å². The Labute approximate surface area is 234 Å². The molecule has 0 unspecified atom stereocenters. The van der Waals surface area contributed by atoms with Gasteiger partial charge in [0.15, 0.2) is 0 Å². The van der Waals surface area contributed by atoms with Crippen LogP contribution in [-0.2, 0) is 10.9 Å². The number of hydrogen-bond acceptors (Lipinski definition) is 2. The van der Waals surface area contributed by atoms with E-state index < -0.39 is 13.2 Å². The molecule has 0 aromatic heterocycles. The maximum atomic E-state index is 13.7. The van der Waals surface area contributed by atoms with Crippen LogP contribution in [0.25, 0.3) is 11.1 Å². The second-order valence-corrected chi connectivity index (χ2v) is 12.3. The number of halogens is 2. The summed E-state index contributed by atoms with van der Waals surface area (Å²) in [7, 11) is -0.740. The Bertz CT molecular complexity index is 1390. The molecular weight excluding hydrogens is 558 g/mol. The van der Waals surface area contributed by atoms with Gasteiger partial charge < -0.3 is 21.7 Å². The molecule has 5 rings (SSSR count). The normalized spacial score (nSPS) is 10.9. The Kier molecular flexibility index (Phi) is 8.89. The lowest BCUT2D eigenvalue weighted by Gasteiger charge is -2.28. The molecule has 0 aliphatic rings. The minimum absolute atomic E-state index is 0. The van der Waals surface area contributed by atoms with Gasteiger partial charge in [-0.15, -0.1) is 0 Å². The summed E-state index contributed by atoms with van der Waals surface area (Å²) in [4.78, 5) is 12.6. The Hall–Kier alpha value is -3.59. The van der Waals surface area contributed by atoms with Crippen LogP contribution in [0.3, 0.4) is 0 Å². The summed E-state index contributed by atoms with van der Waals surface area (Å²) in [6, 6.07) is 44.2. The van der Waals surface area contributed by atoms with Crippen molar-refractivity contribution in [3.8, 4) is 11.1 Å². The number of rotatable bonds is 7. The number of methoxy groups -OCH3 is 1. The molecule has 0 N–H and O–H groups in total.